The summed E-state index contributed by atoms with van der Waals surface area (Å²) < 4.78 is 14.4. The largest absolute Gasteiger partial charge is 0.377 e. The summed E-state index contributed by atoms with van der Waals surface area (Å²) in [6.07, 6.45) is 1.65. The highest BCUT2D eigenvalue weighted by atomic mass is 32.2. The van der Waals surface area contributed by atoms with Crippen molar-refractivity contribution in [2.24, 2.45) is 0 Å². The maximum absolute atomic E-state index is 12.7. The first-order chi connectivity index (χ1) is 10.2. The summed E-state index contributed by atoms with van der Waals surface area (Å²) in [5, 5.41) is 0. The molecule has 4 nitrogen and oxygen atoms in total. The molecule has 0 aliphatic rings. The van der Waals surface area contributed by atoms with Crippen LogP contribution in [0.15, 0.2) is 54.9 Å². The average Bonchev–Trinajstić information content (AvgIpc) is 2.91. The van der Waals surface area contributed by atoms with Crippen LogP contribution in [0, 0.1) is 0 Å². The second kappa shape index (κ2) is 5.69. The molecule has 5 heteroatoms. The van der Waals surface area contributed by atoms with E-state index in [2.05, 4.69) is 4.98 Å². The third kappa shape index (κ3) is 2.69. The number of anilines is 1. The summed E-state index contributed by atoms with van der Waals surface area (Å²) in [5.74, 6) is 0.467. The predicted molar refractivity (Wildman–Crippen MR) is 87.7 cm³/mol. The van der Waals surface area contributed by atoms with Crippen LogP contribution >= 0.6 is 0 Å². The summed E-state index contributed by atoms with van der Waals surface area (Å²) >= 11 is 0. The van der Waals surface area contributed by atoms with Gasteiger partial charge in [-0.15, -0.1) is 0 Å². The molecule has 0 aliphatic heterocycles. The van der Waals surface area contributed by atoms with Crippen molar-refractivity contribution in [2.75, 3.05) is 19.0 Å². The predicted octanol–water partition coefficient (Wildman–Crippen LogP) is 2.81. The van der Waals surface area contributed by atoms with Crippen molar-refractivity contribution in [3.8, 4) is 0 Å². The van der Waals surface area contributed by atoms with E-state index in [-0.39, 0.29) is 0 Å². The fraction of sp³-hybridized carbons (Fsp3) is 0.188. The molecule has 1 heterocycles. The first kappa shape index (κ1) is 13.8. The molecule has 0 saturated heterocycles. The monoisotopic (exact) mass is 299 g/mol. The molecule has 3 rings (SSSR count). The van der Waals surface area contributed by atoms with E-state index in [4.69, 9.17) is 0 Å². The molecular weight excluding hydrogens is 282 g/mol. The molecule has 0 amide bonds. The van der Waals surface area contributed by atoms with Gasteiger partial charge in [0, 0.05) is 19.8 Å². The van der Waals surface area contributed by atoms with E-state index < -0.39 is 11.0 Å². The van der Waals surface area contributed by atoms with Gasteiger partial charge in [0.15, 0.2) is 0 Å². The van der Waals surface area contributed by atoms with E-state index in [1.165, 1.54) is 0 Å². The van der Waals surface area contributed by atoms with E-state index in [0.717, 1.165) is 22.3 Å². The van der Waals surface area contributed by atoms with Gasteiger partial charge in [-0.3, -0.25) is 0 Å². The van der Waals surface area contributed by atoms with Crippen molar-refractivity contribution < 1.29 is 4.21 Å². The lowest BCUT2D eigenvalue weighted by atomic mass is 10.2. The van der Waals surface area contributed by atoms with Crippen LogP contribution < -0.4 is 4.90 Å². The smallest absolute Gasteiger partial charge is 0.129 e. The Labute approximate surface area is 126 Å². The Morgan fingerprint density at radius 2 is 1.81 bits per heavy atom. The van der Waals surface area contributed by atoms with Crippen LogP contribution in [0.5, 0.6) is 0 Å². The molecule has 1 atom stereocenters. The summed E-state index contributed by atoms with van der Waals surface area (Å²) in [6.45, 7) is 0. The lowest BCUT2D eigenvalue weighted by Crippen LogP contribution is -2.13. The molecule has 0 N–H and O–H groups in total. The minimum atomic E-state index is -1.18. The number of hydrogen-bond donors (Lipinski definition) is 0. The van der Waals surface area contributed by atoms with Crippen molar-refractivity contribution in [3.63, 3.8) is 0 Å². The van der Waals surface area contributed by atoms with Crippen LogP contribution in [0.3, 0.4) is 0 Å². The van der Waals surface area contributed by atoms with Crippen molar-refractivity contribution in [2.45, 2.75) is 5.75 Å². The Morgan fingerprint density at radius 1 is 1.10 bits per heavy atom. The van der Waals surface area contributed by atoms with Gasteiger partial charge in [0.1, 0.15) is 17.3 Å². The number of benzene rings is 2. The van der Waals surface area contributed by atoms with Crippen LogP contribution in [0.2, 0.25) is 0 Å². The maximum atomic E-state index is 12.7. The minimum Gasteiger partial charge on any atom is -0.377 e. The zero-order valence-corrected chi connectivity index (χ0v) is 12.9. The summed E-state index contributed by atoms with van der Waals surface area (Å²) in [6, 6.07) is 15.8. The second-order valence-electron chi connectivity index (χ2n) is 5.05. The quantitative estimate of drug-likeness (QED) is 0.743. The summed E-state index contributed by atoms with van der Waals surface area (Å²) in [5.41, 5.74) is 3.93. The van der Waals surface area contributed by atoms with Crippen LogP contribution in [0.4, 0.5) is 5.69 Å². The van der Waals surface area contributed by atoms with Crippen LogP contribution in [0.1, 0.15) is 5.56 Å². The third-order valence-electron chi connectivity index (χ3n) is 3.39. The van der Waals surface area contributed by atoms with Gasteiger partial charge in [-0.2, -0.15) is 0 Å². The number of rotatable bonds is 4. The van der Waals surface area contributed by atoms with Crippen molar-refractivity contribution in [1.29, 1.82) is 0 Å². The number of hydrogen-bond acceptors (Lipinski definition) is 3. The Kier molecular flexibility index (Phi) is 3.75. The normalized spacial score (nSPS) is 12.5. The molecule has 3 aromatic rings. The van der Waals surface area contributed by atoms with Crippen molar-refractivity contribution in [3.05, 3.63) is 60.4 Å². The number of nitrogens with zero attached hydrogens (tertiary/aromatic N) is 3. The third-order valence-corrected chi connectivity index (χ3v) is 4.68. The van der Waals surface area contributed by atoms with Gasteiger partial charge >= 0.3 is 0 Å². The van der Waals surface area contributed by atoms with Gasteiger partial charge in [0.05, 0.1) is 16.8 Å². The van der Waals surface area contributed by atoms with Gasteiger partial charge in [-0.05, 0) is 23.8 Å². The molecule has 2 aromatic carbocycles. The number of fused-ring (bicyclic) bond motifs is 1. The first-order valence-electron chi connectivity index (χ1n) is 6.73. The molecule has 1 unspecified atom stereocenters. The molecule has 0 bridgehead atoms. The van der Waals surface area contributed by atoms with E-state index >= 15 is 0 Å². The molecule has 0 spiro atoms. The highest BCUT2D eigenvalue weighted by molar-refractivity contribution is 7.82. The zero-order valence-electron chi connectivity index (χ0n) is 12.1. The van der Waals surface area contributed by atoms with E-state index in [0.29, 0.717) is 5.75 Å². The van der Waals surface area contributed by atoms with Gasteiger partial charge in [0.25, 0.3) is 0 Å². The molecule has 108 valence electrons. The number of imidazole rings is 1. The number of aromatic nitrogens is 2. The molecule has 0 aliphatic carbocycles. The van der Waals surface area contributed by atoms with Crippen molar-refractivity contribution >= 4 is 27.7 Å². The molecule has 1 aromatic heterocycles. The van der Waals surface area contributed by atoms with Gasteiger partial charge in [-0.25, -0.2) is 13.2 Å². The highest BCUT2D eigenvalue weighted by Crippen LogP contribution is 2.21. The number of para-hydroxylation sites is 3. The van der Waals surface area contributed by atoms with Gasteiger partial charge in [-0.1, -0.05) is 30.3 Å². The lowest BCUT2D eigenvalue weighted by Gasteiger charge is -2.17. The molecule has 21 heavy (non-hydrogen) atoms. The van der Waals surface area contributed by atoms with E-state index in [1.54, 1.807) is 10.3 Å². The molecule has 0 radical (unpaired) electrons. The SMILES string of the molecule is CN(C)c1ccccc1CS(=O)n1cnc2ccccc21. The van der Waals surface area contributed by atoms with Gasteiger partial charge < -0.3 is 4.90 Å². The van der Waals surface area contributed by atoms with Crippen LogP contribution in [-0.2, 0) is 16.7 Å². The Balaban J connectivity index is 1.94. The first-order valence-corrected chi connectivity index (χ1v) is 8.00. The standard InChI is InChI=1S/C16H17N3OS/c1-18(2)15-9-5-3-7-13(15)11-21(20)19-12-17-14-8-4-6-10-16(14)19/h3-10,12H,11H2,1-2H3. The summed E-state index contributed by atoms with van der Waals surface area (Å²) in [4.78, 5) is 6.34. The topological polar surface area (TPSA) is 38.1 Å². The van der Waals surface area contributed by atoms with Crippen LogP contribution in [-0.4, -0.2) is 27.3 Å². The average molecular weight is 299 g/mol. The minimum absolute atomic E-state index is 0.467. The van der Waals surface area contributed by atoms with Crippen molar-refractivity contribution in [1.82, 2.24) is 8.96 Å². The Hall–Kier alpha value is -2.14. The summed E-state index contributed by atoms with van der Waals surface area (Å²) in [7, 11) is 2.81. The zero-order chi connectivity index (χ0) is 14.8. The Bertz CT molecular complexity index is 795. The van der Waals surface area contributed by atoms with E-state index in [9.17, 15) is 4.21 Å². The molecule has 0 saturated carbocycles. The highest BCUT2D eigenvalue weighted by Gasteiger charge is 2.12. The molecular formula is C16H17N3OS. The lowest BCUT2D eigenvalue weighted by molar-refractivity contribution is 0.677. The second-order valence-corrected chi connectivity index (χ2v) is 6.37. The van der Waals surface area contributed by atoms with Gasteiger partial charge in [0.2, 0.25) is 0 Å². The molecule has 0 fully saturated rings. The fourth-order valence-corrected chi connectivity index (χ4v) is 3.55. The van der Waals surface area contributed by atoms with Crippen LogP contribution in [0.25, 0.3) is 11.0 Å². The Morgan fingerprint density at radius 3 is 2.62 bits per heavy atom. The van der Waals surface area contributed by atoms with E-state index in [1.807, 2.05) is 67.5 Å². The fourth-order valence-electron chi connectivity index (χ4n) is 2.37. The maximum Gasteiger partial charge on any atom is 0.129 e.